The molecule has 0 spiro atoms. The number of nitrogens with one attached hydrogen (secondary N) is 1. The fourth-order valence-corrected chi connectivity index (χ4v) is 3.11. The van der Waals surface area contributed by atoms with Gasteiger partial charge in [-0.2, -0.15) is 5.10 Å². The first-order chi connectivity index (χ1) is 15.0. The number of phenolic OH excluding ortho intramolecular Hbond substituents is 1. The highest BCUT2D eigenvalue weighted by Crippen LogP contribution is 2.39. The van der Waals surface area contributed by atoms with E-state index in [1.807, 2.05) is 42.5 Å². The predicted molar refractivity (Wildman–Crippen MR) is 122 cm³/mol. The second-order valence-corrected chi connectivity index (χ2v) is 7.12. The number of phenols is 1. The van der Waals surface area contributed by atoms with Crippen LogP contribution >= 0.6 is 23.2 Å². The summed E-state index contributed by atoms with van der Waals surface area (Å²) in [6.45, 7) is 1.87. The summed E-state index contributed by atoms with van der Waals surface area (Å²) in [5.74, 6) is 0.0257. The molecule has 0 aromatic heterocycles. The Morgan fingerprint density at radius 2 is 1.74 bits per heavy atom. The maximum absolute atomic E-state index is 12.0. The molecule has 3 aromatic rings. The molecule has 0 radical (unpaired) electrons. The summed E-state index contributed by atoms with van der Waals surface area (Å²) in [6.07, 6.45) is 1.19. The molecule has 2 N–H and O–H groups in total. The Morgan fingerprint density at radius 1 is 1.06 bits per heavy atom. The molecular weight excluding hydrogens is 439 g/mol. The lowest BCUT2D eigenvalue weighted by Gasteiger charge is -2.11. The molecule has 0 aliphatic rings. The van der Waals surface area contributed by atoms with Crippen molar-refractivity contribution in [3.63, 3.8) is 0 Å². The third kappa shape index (κ3) is 5.90. The van der Waals surface area contributed by atoms with Crippen LogP contribution in [0.2, 0.25) is 10.0 Å². The highest BCUT2D eigenvalue weighted by atomic mass is 35.5. The van der Waals surface area contributed by atoms with E-state index in [-0.39, 0.29) is 33.7 Å². The van der Waals surface area contributed by atoms with E-state index in [9.17, 15) is 9.90 Å². The van der Waals surface area contributed by atoms with Gasteiger partial charge < -0.3 is 14.6 Å². The Hall–Kier alpha value is -3.22. The van der Waals surface area contributed by atoms with Crippen LogP contribution in [0.4, 0.5) is 0 Å². The zero-order valence-electron chi connectivity index (χ0n) is 16.6. The third-order valence-electron chi connectivity index (χ3n) is 4.21. The zero-order chi connectivity index (χ0) is 22.2. The summed E-state index contributed by atoms with van der Waals surface area (Å²) in [4.78, 5) is 12.0. The van der Waals surface area contributed by atoms with Crippen molar-refractivity contribution < 1.29 is 19.4 Å². The average Bonchev–Trinajstić information content (AvgIpc) is 2.79. The minimum absolute atomic E-state index is 0.0929. The van der Waals surface area contributed by atoms with Gasteiger partial charge in [0.15, 0.2) is 18.1 Å². The minimum atomic E-state index is -0.481. The number of halogens is 2. The average molecular weight is 459 g/mol. The molecule has 0 heterocycles. The lowest BCUT2D eigenvalue weighted by atomic mass is 10.1. The molecular formula is C23H20Cl2N2O4. The van der Waals surface area contributed by atoms with E-state index >= 15 is 0 Å². The van der Waals surface area contributed by atoms with Crippen LogP contribution in [0.3, 0.4) is 0 Å². The molecule has 0 saturated heterocycles. The molecule has 0 unspecified atom stereocenters. The maximum Gasteiger partial charge on any atom is 0.277 e. The fraction of sp³-hybridized carbons (Fsp3) is 0.130. The number of amides is 1. The number of rotatable bonds is 8. The lowest BCUT2D eigenvalue weighted by molar-refractivity contribution is -0.123. The van der Waals surface area contributed by atoms with Crippen molar-refractivity contribution in [3.8, 4) is 28.4 Å². The second kappa shape index (κ2) is 10.7. The van der Waals surface area contributed by atoms with Gasteiger partial charge in [-0.25, -0.2) is 5.43 Å². The van der Waals surface area contributed by atoms with Gasteiger partial charge in [-0.05, 0) is 30.2 Å². The number of hydrogen-bond acceptors (Lipinski definition) is 5. The number of aromatic hydroxyl groups is 1. The summed E-state index contributed by atoms with van der Waals surface area (Å²) in [5.41, 5.74) is 4.59. The second-order valence-electron chi connectivity index (χ2n) is 6.34. The number of carbonyl (C=O) groups is 1. The van der Waals surface area contributed by atoms with Gasteiger partial charge in [-0.1, -0.05) is 65.7 Å². The summed E-state index contributed by atoms with van der Waals surface area (Å²) in [6, 6.07) is 18.8. The molecule has 0 saturated carbocycles. The van der Waals surface area contributed by atoms with Gasteiger partial charge in [-0.3, -0.25) is 4.79 Å². The van der Waals surface area contributed by atoms with E-state index in [0.717, 1.165) is 11.1 Å². The molecule has 31 heavy (non-hydrogen) atoms. The van der Waals surface area contributed by atoms with Crippen LogP contribution in [0.15, 0.2) is 65.8 Å². The highest BCUT2D eigenvalue weighted by Gasteiger charge is 2.15. The Balaban J connectivity index is 1.57. The van der Waals surface area contributed by atoms with Crippen LogP contribution in [0.25, 0.3) is 11.1 Å². The first-order valence-corrected chi connectivity index (χ1v) is 10.2. The van der Waals surface area contributed by atoms with Gasteiger partial charge in [0.25, 0.3) is 5.91 Å². The highest BCUT2D eigenvalue weighted by molar-refractivity contribution is 6.43. The van der Waals surface area contributed by atoms with Crippen molar-refractivity contribution in [1.29, 1.82) is 0 Å². The minimum Gasteiger partial charge on any atom is -0.504 e. The third-order valence-corrected chi connectivity index (χ3v) is 5.01. The SMILES string of the molecule is CCOc1cc(Cl)c(Cl)c(/C=N/NC(=O)COc2ccc(-c3ccccc3)cc2)c1O. The molecule has 160 valence electrons. The first kappa shape index (κ1) is 22.5. The molecule has 0 fully saturated rings. The topological polar surface area (TPSA) is 80.2 Å². The van der Waals surface area contributed by atoms with Gasteiger partial charge >= 0.3 is 0 Å². The molecule has 0 atom stereocenters. The summed E-state index contributed by atoms with van der Waals surface area (Å²) in [5, 5.41) is 14.3. The predicted octanol–water partition coefficient (Wildman–Crippen LogP) is 5.29. The molecule has 3 rings (SSSR count). The van der Waals surface area contributed by atoms with Crippen LogP contribution < -0.4 is 14.9 Å². The Kier molecular flexibility index (Phi) is 7.76. The Labute approximate surface area is 190 Å². The summed E-state index contributed by atoms with van der Waals surface area (Å²) < 4.78 is 10.8. The van der Waals surface area contributed by atoms with E-state index in [1.165, 1.54) is 12.3 Å². The number of hydrazone groups is 1. The van der Waals surface area contributed by atoms with Crippen molar-refractivity contribution >= 4 is 35.3 Å². The van der Waals surface area contributed by atoms with E-state index < -0.39 is 5.91 Å². The van der Waals surface area contributed by atoms with Gasteiger partial charge in [0.05, 0.1) is 28.4 Å². The molecule has 0 aliphatic carbocycles. The van der Waals surface area contributed by atoms with E-state index in [1.54, 1.807) is 19.1 Å². The van der Waals surface area contributed by atoms with Crippen molar-refractivity contribution in [2.24, 2.45) is 5.10 Å². The van der Waals surface area contributed by atoms with Crippen molar-refractivity contribution in [2.75, 3.05) is 13.2 Å². The van der Waals surface area contributed by atoms with Crippen molar-refractivity contribution in [3.05, 3.63) is 76.3 Å². The van der Waals surface area contributed by atoms with Gasteiger partial charge in [0, 0.05) is 6.07 Å². The standard InChI is InChI=1S/C23H20Cl2N2O4/c1-2-30-20-12-19(24)22(25)18(23(20)29)13-26-27-21(28)14-31-17-10-8-16(9-11-17)15-6-4-3-5-7-15/h3-13,29H,2,14H2,1H3,(H,27,28)/b26-13+. The number of hydrogen-bond donors (Lipinski definition) is 2. The van der Waals surface area contributed by atoms with Crippen LogP contribution in [0.5, 0.6) is 17.2 Å². The normalized spacial score (nSPS) is 10.8. The Morgan fingerprint density at radius 3 is 2.42 bits per heavy atom. The van der Waals surface area contributed by atoms with E-state index in [2.05, 4.69) is 10.5 Å². The first-order valence-electron chi connectivity index (χ1n) is 9.43. The quantitative estimate of drug-likeness (QED) is 0.354. The molecule has 1 amide bonds. The number of carbonyl (C=O) groups excluding carboxylic acids is 1. The zero-order valence-corrected chi connectivity index (χ0v) is 18.2. The molecule has 6 nitrogen and oxygen atoms in total. The monoisotopic (exact) mass is 458 g/mol. The largest absolute Gasteiger partial charge is 0.504 e. The number of benzene rings is 3. The van der Waals surface area contributed by atoms with Crippen molar-refractivity contribution in [2.45, 2.75) is 6.92 Å². The van der Waals surface area contributed by atoms with Crippen LogP contribution in [0.1, 0.15) is 12.5 Å². The number of ether oxygens (including phenoxy) is 2. The smallest absolute Gasteiger partial charge is 0.277 e. The van der Waals surface area contributed by atoms with Gasteiger partial charge in [0.2, 0.25) is 0 Å². The van der Waals surface area contributed by atoms with Crippen LogP contribution in [-0.2, 0) is 4.79 Å². The molecule has 0 aliphatic heterocycles. The van der Waals surface area contributed by atoms with Crippen molar-refractivity contribution in [1.82, 2.24) is 5.43 Å². The maximum atomic E-state index is 12.0. The van der Waals surface area contributed by atoms with Crippen LogP contribution in [-0.4, -0.2) is 30.4 Å². The lowest BCUT2D eigenvalue weighted by Crippen LogP contribution is -2.24. The summed E-state index contributed by atoms with van der Waals surface area (Å²) in [7, 11) is 0. The molecule has 3 aromatic carbocycles. The molecule has 8 heteroatoms. The number of nitrogens with zero attached hydrogens (tertiary/aromatic N) is 1. The summed E-state index contributed by atoms with van der Waals surface area (Å²) >= 11 is 12.2. The van der Waals surface area contributed by atoms with Crippen LogP contribution in [0, 0.1) is 0 Å². The van der Waals surface area contributed by atoms with E-state index in [0.29, 0.717) is 12.4 Å². The van der Waals surface area contributed by atoms with Gasteiger partial charge in [-0.15, -0.1) is 0 Å². The van der Waals surface area contributed by atoms with E-state index in [4.69, 9.17) is 32.7 Å². The molecule has 0 bridgehead atoms. The Bertz CT molecular complexity index is 1070. The van der Waals surface area contributed by atoms with Gasteiger partial charge in [0.1, 0.15) is 5.75 Å². The fourth-order valence-electron chi connectivity index (χ4n) is 2.72.